The van der Waals surface area contributed by atoms with Gasteiger partial charge in [-0.2, -0.15) is 0 Å². The maximum atomic E-state index is 11.6. The number of aliphatic hydroxyl groups excluding tert-OH is 1. The molecule has 0 bridgehead atoms. The number of sulfone groups is 1. The summed E-state index contributed by atoms with van der Waals surface area (Å²) in [6.45, 7) is 0.899. The standard InChI is InChI=1S/C9H17NO4S/c11-6-7-15(13,14)8-9(12)10-4-2-1-3-5-10/h11H,1-8H2. The van der Waals surface area contributed by atoms with Crippen molar-refractivity contribution in [3.8, 4) is 0 Å². The van der Waals surface area contributed by atoms with E-state index < -0.39 is 22.2 Å². The van der Waals surface area contributed by atoms with Gasteiger partial charge in [0.15, 0.2) is 9.84 Å². The first-order valence-electron chi connectivity index (χ1n) is 5.14. The molecule has 6 heteroatoms. The van der Waals surface area contributed by atoms with Gasteiger partial charge < -0.3 is 10.0 Å². The van der Waals surface area contributed by atoms with Crippen LogP contribution in [0.1, 0.15) is 19.3 Å². The minimum absolute atomic E-state index is 0.327. The van der Waals surface area contributed by atoms with Crippen LogP contribution in [0.2, 0.25) is 0 Å². The zero-order valence-corrected chi connectivity index (χ0v) is 9.50. The molecule has 0 spiro atoms. The molecule has 0 aliphatic carbocycles. The number of hydrogen-bond acceptors (Lipinski definition) is 4. The van der Waals surface area contributed by atoms with Crippen molar-refractivity contribution in [3.05, 3.63) is 0 Å². The fourth-order valence-electron chi connectivity index (χ4n) is 1.63. The summed E-state index contributed by atoms with van der Waals surface area (Å²) < 4.78 is 22.6. The lowest BCUT2D eigenvalue weighted by Gasteiger charge is -2.26. The van der Waals surface area contributed by atoms with Crippen molar-refractivity contribution >= 4 is 15.7 Å². The first-order chi connectivity index (χ1) is 7.05. The molecule has 1 aliphatic rings. The van der Waals surface area contributed by atoms with E-state index in [4.69, 9.17) is 5.11 Å². The van der Waals surface area contributed by atoms with Gasteiger partial charge >= 0.3 is 0 Å². The Bertz CT molecular complexity index is 306. The number of likely N-dealkylation sites (tertiary alicyclic amines) is 1. The highest BCUT2D eigenvalue weighted by molar-refractivity contribution is 7.92. The van der Waals surface area contributed by atoms with Crippen molar-refractivity contribution in [2.75, 3.05) is 31.2 Å². The molecule has 0 radical (unpaired) electrons. The van der Waals surface area contributed by atoms with Gasteiger partial charge in [0, 0.05) is 13.1 Å². The summed E-state index contributed by atoms with van der Waals surface area (Å²) in [5.41, 5.74) is 0. The molecule has 1 amide bonds. The van der Waals surface area contributed by atoms with Gasteiger partial charge in [-0.1, -0.05) is 0 Å². The van der Waals surface area contributed by atoms with Crippen molar-refractivity contribution in [1.29, 1.82) is 0 Å². The molecule has 0 aromatic carbocycles. The smallest absolute Gasteiger partial charge is 0.237 e. The lowest BCUT2D eigenvalue weighted by molar-refractivity contribution is -0.129. The third-order valence-electron chi connectivity index (χ3n) is 2.45. The van der Waals surface area contributed by atoms with Crippen LogP contribution in [-0.2, 0) is 14.6 Å². The Hall–Kier alpha value is -0.620. The second-order valence-electron chi connectivity index (χ2n) is 3.76. The van der Waals surface area contributed by atoms with Gasteiger partial charge in [-0.05, 0) is 19.3 Å². The van der Waals surface area contributed by atoms with Crippen LogP contribution in [0, 0.1) is 0 Å². The molecule has 1 N–H and O–H groups in total. The Morgan fingerprint density at radius 2 is 1.80 bits per heavy atom. The number of amides is 1. The zero-order chi connectivity index (χ0) is 11.3. The van der Waals surface area contributed by atoms with Crippen molar-refractivity contribution in [2.45, 2.75) is 19.3 Å². The minimum atomic E-state index is -3.42. The molecule has 0 atom stereocenters. The van der Waals surface area contributed by atoms with Crippen molar-refractivity contribution in [2.24, 2.45) is 0 Å². The quantitative estimate of drug-likeness (QED) is 0.706. The van der Waals surface area contributed by atoms with E-state index in [9.17, 15) is 13.2 Å². The van der Waals surface area contributed by atoms with E-state index >= 15 is 0 Å². The fraction of sp³-hybridized carbons (Fsp3) is 0.889. The summed E-state index contributed by atoms with van der Waals surface area (Å²) in [6, 6.07) is 0. The van der Waals surface area contributed by atoms with E-state index in [1.807, 2.05) is 0 Å². The Balaban J connectivity index is 2.47. The monoisotopic (exact) mass is 235 g/mol. The van der Waals surface area contributed by atoms with E-state index in [0.29, 0.717) is 13.1 Å². The van der Waals surface area contributed by atoms with Crippen LogP contribution in [0.15, 0.2) is 0 Å². The second kappa shape index (κ2) is 5.46. The highest BCUT2D eigenvalue weighted by Gasteiger charge is 2.22. The Morgan fingerprint density at radius 1 is 1.20 bits per heavy atom. The number of aliphatic hydroxyl groups is 1. The largest absolute Gasteiger partial charge is 0.395 e. The highest BCUT2D eigenvalue weighted by atomic mass is 32.2. The van der Waals surface area contributed by atoms with E-state index in [1.54, 1.807) is 4.90 Å². The molecular formula is C9H17NO4S. The summed E-state index contributed by atoms with van der Waals surface area (Å²) in [5, 5.41) is 8.52. The summed E-state index contributed by atoms with van der Waals surface area (Å²) in [4.78, 5) is 13.1. The molecule has 0 aromatic heterocycles. The zero-order valence-electron chi connectivity index (χ0n) is 8.68. The lowest BCUT2D eigenvalue weighted by atomic mass is 10.1. The molecular weight excluding hydrogens is 218 g/mol. The summed E-state index contributed by atoms with van der Waals surface area (Å²) in [6.07, 6.45) is 3.00. The Morgan fingerprint density at radius 3 is 2.33 bits per heavy atom. The third-order valence-corrected chi connectivity index (χ3v) is 3.95. The third kappa shape index (κ3) is 4.17. The molecule has 88 valence electrons. The second-order valence-corrected chi connectivity index (χ2v) is 5.94. The summed E-state index contributed by atoms with van der Waals surface area (Å²) in [7, 11) is -3.42. The maximum Gasteiger partial charge on any atom is 0.237 e. The molecule has 1 rings (SSSR count). The average Bonchev–Trinajstić information content (AvgIpc) is 2.18. The number of hydrogen-bond donors (Lipinski definition) is 1. The van der Waals surface area contributed by atoms with Gasteiger partial charge in [0.1, 0.15) is 5.75 Å². The van der Waals surface area contributed by atoms with E-state index in [1.165, 1.54) is 0 Å². The normalized spacial score (nSPS) is 17.8. The molecule has 15 heavy (non-hydrogen) atoms. The van der Waals surface area contributed by atoms with Gasteiger partial charge in [0.25, 0.3) is 0 Å². The van der Waals surface area contributed by atoms with Crippen LogP contribution in [0.3, 0.4) is 0 Å². The van der Waals surface area contributed by atoms with Crippen LogP contribution >= 0.6 is 0 Å². The molecule has 5 nitrogen and oxygen atoms in total. The van der Waals surface area contributed by atoms with Crippen LogP contribution in [-0.4, -0.2) is 55.5 Å². The van der Waals surface area contributed by atoms with E-state index in [0.717, 1.165) is 19.3 Å². The van der Waals surface area contributed by atoms with Crippen molar-refractivity contribution in [1.82, 2.24) is 4.90 Å². The average molecular weight is 235 g/mol. The van der Waals surface area contributed by atoms with Crippen LogP contribution in [0.5, 0.6) is 0 Å². The van der Waals surface area contributed by atoms with Gasteiger partial charge in [0.05, 0.1) is 12.4 Å². The fourth-order valence-corrected chi connectivity index (χ4v) is 2.62. The van der Waals surface area contributed by atoms with Gasteiger partial charge in [0.2, 0.25) is 5.91 Å². The van der Waals surface area contributed by atoms with Gasteiger partial charge in [-0.25, -0.2) is 8.42 Å². The lowest BCUT2D eigenvalue weighted by Crippen LogP contribution is -2.39. The highest BCUT2D eigenvalue weighted by Crippen LogP contribution is 2.09. The molecule has 1 aliphatic heterocycles. The minimum Gasteiger partial charge on any atom is -0.395 e. The first-order valence-corrected chi connectivity index (χ1v) is 6.96. The Kier molecular flexibility index (Phi) is 4.53. The molecule has 1 fully saturated rings. The number of piperidine rings is 1. The van der Waals surface area contributed by atoms with Gasteiger partial charge in [-0.3, -0.25) is 4.79 Å². The first kappa shape index (κ1) is 12.4. The predicted molar refractivity (Wildman–Crippen MR) is 56.2 cm³/mol. The van der Waals surface area contributed by atoms with Crippen molar-refractivity contribution < 1.29 is 18.3 Å². The molecule has 1 saturated heterocycles. The molecule has 0 unspecified atom stereocenters. The predicted octanol–water partition coefficient (Wildman–Crippen LogP) is -0.594. The molecule has 0 saturated carbocycles. The summed E-state index contributed by atoms with van der Waals surface area (Å²) >= 11 is 0. The van der Waals surface area contributed by atoms with Crippen molar-refractivity contribution in [3.63, 3.8) is 0 Å². The number of carbonyl (C=O) groups is 1. The number of rotatable bonds is 4. The SMILES string of the molecule is O=C(CS(=O)(=O)CCO)N1CCCCC1. The van der Waals surface area contributed by atoms with E-state index in [-0.39, 0.29) is 11.7 Å². The Labute approximate surface area is 90.0 Å². The van der Waals surface area contributed by atoms with Crippen LogP contribution in [0.25, 0.3) is 0 Å². The van der Waals surface area contributed by atoms with E-state index in [2.05, 4.69) is 0 Å². The topological polar surface area (TPSA) is 74.7 Å². The molecule has 1 heterocycles. The molecule has 0 aromatic rings. The maximum absolute atomic E-state index is 11.6. The number of carbonyl (C=O) groups excluding carboxylic acids is 1. The van der Waals surface area contributed by atoms with Gasteiger partial charge in [-0.15, -0.1) is 0 Å². The van der Waals surface area contributed by atoms with Crippen LogP contribution in [0.4, 0.5) is 0 Å². The van der Waals surface area contributed by atoms with Crippen LogP contribution < -0.4 is 0 Å². The number of nitrogens with zero attached hydrogens (tertiary/aromatic N) is 1. The summed E-state index contributed by atoms with van der Waals surface area (Å²) in [5.74, 6) is -1.12.